The Bertz CT molecular complexity index is 1380. The molecule has 1 heterocycles. The van der Waals surface area contributed by atoms with Gasteiger partial charge in [0.15, 0.2) is 0 Å². The zero-order valence-electron chi connectivity index (χ0n) is 18.8. The number of primary amides is 1. The lowest BCUT2D eigenvalue weighted by atomic mass is 9.86. The average molecular weight is 435 g/mol. The van der Waals surface area contributed by atoms with Crippen LogP contribution in [0.3, 0.4) is 0 Å². The van der Waals surface area contributed by atoms with Gasteiger partial charge >= 0.3 is 0 Å². The van der Waals surface area contributed by atoms with E-state index in [9.17, 15) is 9.59 Å². The molecule has 0 saturated heterocycles. The van der Waals surface area contributed by atoms with Crippen molar-refractivity contribution >= 4 is 23.1 Å². The van der Waals surface area contributed by atoms with Crippen LogP contribution in [-0.4, -0.2) is 11.8 Å². The third-order valence-corrected chi connectivity index (χ3v) is 7.56. The number of allylic oxidation sites excluding steroid dienone is 2. The van der Waals surface area contributed by atoms with E-state index in [1.165, 1.54) is 29.6 Å². The molecular formula is C29H26N2O2. The van der Waals surface area contributed by atoms with Gasteiger partial charge in [0.05, 0.1) is 6.54 Å². The highest BCUT2D eigenvalue weighted by atomic mass is 16.2. The molecule has 0 saturated carbocycles. The Balaban J connectivity index is 1.50. The summed E-state index contributed by atoms with van der Waals surface area (Å²) in [6.45, 7) is 2.69. The number of carbonyl (C=O) groups is 2. The van der Waals surface area contributed by atoms with Crippen LogP contribution in [0.4, 0.5) is 5.69 Å². The molecule has 4 nitrogen and oxygen atoms in total. The van der Waals surface area contributed by atoms with Crippen LogP contribution >= 0.6 is 0 Å². The largest absolute Gasteiger partial charge is 0.366 e. The molecule has 3 aromatic rings. The van der Waals surface area contributed by atoms with Crippen molar-refractivity contribution in [2.45, 2.75) is 45.6 Å². The number of nitrogens with zero attached hydrogens (tertiary/aromatic N) is 1. The van der Waals surface area contributed by atoms with E-state index < -0.39 is 0 Å². The number of fused-ring (bicyclic) bond motifs is 3. The van der Waals surface area contributed by atoms with E-state index in [1.54, 1.807) is 0 Å². The van der Waals surface area contributed by atoms with Gasteiger partial charge in [0.2, 0.25) is 5.91 Å². The molecular weight excluding hydrogens is 408 g/mol. The molecule has 0 bridgehead atoms. The van der Waals surface area contributed by atoms with Crippen LogP contribution in [0.1, 0.15) is 68.7 Å². The first-order chi connectivity index (χ1) is 16.0. The molecule has 3 aromatic carbocycles. The summed E-state index contributed by atoms with van der Waals surface area (Å²) in [6.07, 6.45) is 5.37. The highest BCUT2D eigenvalue weighted by Crippen LogP contribution is 2.48. The van der Waals surface area contributed by atoms with Crippen molar-refractivity contribution in [2.24, 2.45) is 5.73 Å². The van der Waals surface area contributed by atoms with Crippen molar-refractivity contribution in [3.8, 4) is 11.1 Å². The smallest absolute Gasteiger partial charge is 0.258 e. The van der Waals surface area contributed by atoms with Crippen molar-refractivity contribution in [3.63, 3.8) is 0 Å². The summed E-state index contributed by atoms with van der Waals surface area (Å²) >= 11 is 0. The molecule has 0 spiro atoms. The molecule has 0 atom stereocenters. The number of rotatable bonds is 3. The number of hydrogen-bond acceptors (Lipinski definition) is 2. The maximum absolute atomic E-state index is 13.2. The molecule has 0 aromatic heterocycles. The Labute approximate surface area is 193 Å². The molecule has 33 heavy (non-hydrogen) atoms. The Morgan fingerprint density at radius 1 is 0.909 bits per heavy atom. The molecule has 4 heteroatoms. The second-order valence-corrected chi connectivity index (χ2v) is 9.34. The van der Waals surface area contributed by atoms with Crippen molar-refractivity contribution < 1.29 is 9.59 Å². The monoisotopic (exact) mass is 434 g/mol. The van der Waals surface area contributed by atoms with E-state index in [2.05, 4.69) is 19.1 Å². The van der Waals surface area contributed by atoms with Crippen LogP contribution in [0.25, 0.3) is 16.7 Å². The quantitative estimate of drug-likeness (QED) is 0.566. The first-order valence-electron chi connectivity index (χ1n) is 11.7. The normalized spacial score (nSPS) is 16.6. The van der Waals surface area contributed by atoms with Gasteiger partial charge in [0, 0.05) is 16.8 Å². The summed E-state index contributed by atoms with van der Waals surface area (Å²) in [4.78, 5) is 27.3. The molecule has 0 radical (unpaired) electrons. The van der Waals surface area contributed by atoms with Gasteiger partial charge in [-0.3, -0.25) is 9.59 Å². The number of carbonyl (C=O) groups excluding carboxylic acids is 2. The van der Waals surface area contributed by atoms with Gasteiger partial charge in [0.1, 0.15) is 0 Å². The first kappa shape index (κ1) is 20.0. The fourth-order valence-electron chi connectivity index (χ4n) is 5.97. The number of hydrogen-bond donors (Lipinski definition) is 1. The summed E-state index contributed by atoms with van der Waals surface area (Å²) in [5.74, 6) is -0.305. The number of anilines is 1. The van der Waals surface area contributed by atoms with Crippen LogP contribution in [0.2, 0.25) is 0 Å². The third kappa shape index (κ3) is 2.97. The van der Waals surface area contributed by atoms with Crippen LogP contribution < -0.4 is 10.6 Å². The molecule has 2 aliphatic carbocycles. The van der Waals surface area contributed by atoms with Crippen molar-refractivity contribution in [2.75, 3.05) is 4.90 Å². The summed E-state index contributed by atoms with van der Waals surface area (Å²) in [5, 5.41) is 0. The van der Waals surface area contributed by atoms with Crippen LogP contribution in [-0.2, 0) is 13.0 Å². The van der Waals surface area contributed by atoms with Crippen LogP contribution in [0.15, 0.2) is 60.2 Å². The second-order valence-electron chi connectivity index (χ2n) is 9.34. The molecule has 3 aliphatic rings. The number of benzene rings is 3. The average Bonchev–Trinajstić information content (AvgIpc) is 3.37. The first-order valence-corrected chi connectivity index (χ1v) is 11.7. The van der Waals surface area contributed by atoms with Crippen LogP contribution in [0, 0.1) is 6.92 Å². The molecule has 6 rings (SSSR count). The van der Waals surface area contributed by atoms with Gasteiger partial charge in [-0.15, -0.1) is 0 Å². The van der Waals surface area contributed by atoms with E-state index in [0.717, 1.165) is 58.3 Å². The zero-order valence-corrected chi connectivity index (χ0v) is 18.8. The predicted molar refractivity (Wildman–Crippen MR) is 131 cm³/mol. The van der Waals surface area contributed by atoms with E-state index in [0.29, 0.717) is 12.1 Å². The Kier molecular flexibility index (Phi) is 4.51. The molecule has 2 N–H and O–H groups in total. The lowest BCUT2D eigenvalue weighted by Gasteiger charge is -2.23. The van der Waals surface area contributed by atoms with Gasteiger partial charge in [-0.2, -0.15) is 0 Å². The summed E-state index contributed by atoms with van der Waals surface area (Å²) in [7, 11) is 0. The minimum Gasteiger partial charge on any atom is -0.366 e. The lowest BCUT2D eigenvalue weighted by Crippen LogP contribution is -2.24. The molecule has 0 unspecified atom stereocenters. The van der Waals surface area contributed by atoms with E-state index in [4.69, 9.17) is 5.73 Å². The van der Waals surface area contributed by atoms with Gasteiger partial charge in [0.25, 0.3) is 5.91 Å². The Morgan fingerprint density at radius 2 is 1.70 bits per heavy atom. The highest BCUT2D eigenvalue weighted by Gasteiger charge is 2.32. The fourth-order valence-corrected chi connectivity index (χ4v) is 5.97. The highest BCUT2D eigenvalue weighted by molar-refractivity contribution is 6.11. The van der Waals surface area contributed by atoms with Gasteiger partial charge in [-0.05, 0) is 96.2 Å². The fraction of sp³-hybridized carbons (Fsp3) is 0.241. The summed E-state index contributed by atoms with van der Waals surface area (Å²) < 4.78 is 0. The molecule has 1 aliphatic heterocycles. The van der Waals surface area contributed by atoms with E-state index in [-0.39, 0.29) is 11.8 Å². The Morgan fingerprint density at radius 3 is 2.52 bits per heavy atom. The maximum Gasteiger partial charge on any atom is 0.258 e. The van der Waals surface area contributed by atoms with Crippen molar-refractivity contribution in [1.29, 1.82) is 0 Å². The van der Waals surface area contributed by atoms with E-state index >= 15 is 0 Å². The second kappa shape index (κ2) is 7.45. The number of amides is 2. The van der Waals surface area contributed by atoms with Crippen molar-refractivity contribution in [3.05, 3.63) is 93.6 Å². The van der Waals surface area contributed by atoms with Gasteiger partial charge in [-0.25, -0.2) is 0 Å². The molecule has 0 fully saturated rings. The maximum atomic E-state index is 13.2. The summed E-state index contributed by atoms with van der Waals surface area (Å²) in [6, 6.07) is 18.0. The SMILES string of the molecule is Cc1c(-c2ccc(C(N)=O)c3c2C2=C(CCCC2)C3)cccc1N1Cc2ccccc2C1=O. The minimum absolute atomic E-state index is 0.0532. The lowest BCUT2D eigenvalue weighted by molar-refractivity contribution is 0.0989. The zero-order chi connectivity index (χ0) is 22.7. The topological polar surface area (TPSA) is 63.4 Å². The standard InChI is InChI=1S/C29H26N2O2/c1-17-20(11-6-12-26(17)31-16-19-8-3-5-10-22(19)29(31)33)23-13-14-24(28(30)32)25-15-18-7-2-4-9-21(18)27(23)25/h3,5-6,8,10-14H,2,4,7,9,15-16H2,1H3,(H2,30,32). The minimum atomic E-state index is -0.358. The van der Waals surface area contributed by atoms with Gasteiger partial charge in [-0.1, -0.05) is 42.0 Å². The van der Waals surface area contributed by atoms with Crippen LogP contribution in [0.5, 0.6) is 0 Å². The molecule has 2 amide bonds. The number of nitrogens with two attached hydrogens (primary N) is 1. The predicted octanol–water partition coefficient (Wildman–Crippen LogP) is 5.81. The third-order valence-electron chi connectivity index (χ3n) is 7.56. The van der Waals surface area contributed by atoms with Gasteiger partial charge < -0.3 is 10.6 Å². The summed E-state index contributed by atoms with van der Waals surface area (Å²) in [5.41, 5.74) is 17.7. The molecule has 164 valence electrons. The van der Waals surface area contributed by atoms with E-state index in [1.807, 2.05) is 47.4 Å². The van der Waals surface area contributed by atoms with Crippen molar-refractivity contribution in [1.82, 2.24) is 0 Å². The Hall–Kier alpha value is -3.66.